The van der Waals surface area contributed by atoms with Gasteiger partial charge in [0.1, 0.15) is 11.5 Å². The van der Waals surface area contributed by atoms with Gasteiger partial charge in [-0.3, -0.25) is 0 Å². The molecule has 0 spiro atoms. The third-order valence-electron chi connectivity index (χ3n) is 9.48. The van der Waals surface area contributed by atoms with Crippen LogP contribution < -0.4 is 38.5 Å². The van der Waals surface area contributed by atoms with Crippen LogP contribution in [0.25, 0.3) is 0 Å². The molecule has 0 fully saturated rings. The molecule has 2 atom stereocenters. The van der Waals surface area contributed by atoms with Crippen molar-refractivity contribution in [1.82, 2.24) is 40.4 Å². The molecule has 0 amide bonds. The Morgan fingerprint density at radius 3 is 1.35 bits per heavy atom. The van der Waals surface area contributed by atoms with Crippen LogP contribution in [0.1, 0.15) is 46.4 Å². The molecule has 0 aliphatic carbocycles. The molecule has 18 heteroatoms. The molecule has 0 aliphatic heterocycles. The number of benzene rings is 4. The van der Waals surface area contributed by atoms with Crippen molar-refractivity contribution in [3.63, 3.8) is 0 Å². The molecule has 0 aliphatic rings. The summed E-state index contributed by atoms with van der Waals surface area (Å²) in [7, 11) is 6.51. The summed E-state index contributed by atoms with van der Waals surface area (Å²) in [6.45, 7) is 0.780. The zero-order valence-electron chi connectivity index (χ0n) is 33.0. The molecule has 0 saturated heterocycles. The van der Waals surface area contributed by atoms with Crippen LogP contribution in [0.2, 0.25) is 0 Å². The van der Waals surface area contributed by atoms with Gasteiger partial charge in [-0.15, -0.1) is 0 Å². The fourth-order valence-electron chi connectivity index (χ4n) is 6.43. The summed E-state index contributed by atoms with van der Waals surface area (Å²) < 4.78 is 39.8. The van der Waals surface area contributed by atoms with Crippen molar-refractivity contribution in [2.45, 2.75) is 25.2 Å². The van der Waals surface area contributed by atoms with Crippen LogP contribution in [0.3, 0.4) is 0 Å². The summed E-state index contributed by atoms with van der Waals surface area (Å²) in [4.78, 5) is 0. The van der Waals surface area contributed by atoms with Gasteiger partial charge in [0.15, 0.2) is 0 Å². The summed E-state index contributed by atoms with van der Waals surface area (Å²) in [5.74, 6) is 5.34. The number of tetrazole rings is 2. The number of methoxy groups -OCH3 is 4. The van der Waals surface area contributed by atoms with Crippen molar-refractivity contribution >= 4 is 46.6 Å². The summed E-state index contributed by atoms with van der Waals surface area (Å²) in [6.07, 6.45) is 3.29. The van der Waals surface area contributed by atoms with E-state index in [2.05, 4.69) is 90.2 Å². The Balaban J connectivity index is 0.916. The van der Waals surface area contributed by atoms with Gasteiger partial charge in [-0.25, -0.2) is 0 Å². The van der Waals surface area contributed by atoms with Gasteiger partial charge in [0.2, 0.25) is 0 Å². The van der Waals surface area contributed by atoms with E-state index in [0.29, 0.717) is 59.3 Å². The van der Waals surface area contributed by atoms with E-state index in [-0.39, 0.29) is 26.3 Å². The first kappa shape index (κ1) is 40.2. The molecule has 8 aromatic rings. The number of aromatic nitrogens is 8. The van der Waals surface area contributed by atoms with Gasteiger partial charge in [-0.05, 0) is 0 Å². The zero-order valence-corrected chi connectivity index (χ0v) is 36.4. The second kappa shape index (κ2) is 19.0. The quantitative estimate of drug-likeness (QED) is 0.107. The van der Waals surface area contributed by atoms with Crippen molar-refractivity contribution in [1.29, 1.82) is 0 Å². The Morgan fingerprint density at radius 2 is 0.983 bits per heavy atom. The number of ether oxygens (including phenoxy) is 4. The van der Waals surface area contributed by atoms with Crippen molar-refractivity contribution in [3.05, 3.63) is 156 Å². The molecule has 2 N–H and O–H groups in total. The predicted octanol–water partition coefficient (Wildman–Crippen LogP) is 4.65. The van der Waals surface area contributed by atoms with Crippen molar-refractivity contribution in [3.8, 4) is 23.0 Å². The molecule has 60 heavy (non-hydrogen) atoms. The van der Waals surface area contributed by atoms with Crippen LogP contribution in [0.5, 0.6) is 23.0 Å². The molecule has 4 heterocycles. The van der Waals surface area contributed by atoms with E-state index in [1.54, 1.807) is 50.3 Å². The van der Waals surface area contributed by atoms with Crippen LogP contribution in [0, 0.1) is 0 Å². The van der Waals surface area contributed by atoms with Crippen molar-refractivity contribution in [2.75, 3.05) is 39.1 Å². The smallest absolute Gasteiger partial charge is 0.0775 e. The predicted molar refractivity (Wildman–Crippen MR) is 225 cm³/mol. The van der Waals surface area contributed by atoms with E-state index < -0.39 is 12.1 Å². The number of rotatable bonds is 19. The number of hydrogen-bond acceptors (Lipinski definition) is 14. The van der Waals surface area contributed by atoms with Crippen LogP contribution in [0.15, 0.2) is 131 Å². The minimum absolute atomic E-state index is 0.254. The van der Waals surface area contributed by atoms with E-state index >= 15 is 0 Å². The average molecular weight is 939 g/mol. The molecule has 16 nitrogen and oxygen atoms in total. The monoisotopic (exact) mass is 940 g/mol. The topological polar surface area (TPSA) is 174 Å². The van der Waals surface area contributed by atoms with E-state index in [0.717, 1.165) is 22.5 Å². The molecular weight excluding hydrogens is 898 g/mol. The number of nitrogens with zero attached hydrogens (tertiary/aromatic N) is 8. The minimum Gasteiger partial charge on any atom is 0.0775 e. The first-order chi connectivity index (χ1) is 29.5. The van der Waals surface area contributed by atoms with Gasteiger partial charge in [0, 0.05) is 0 Å². The number of hydrogen-bond donors (Lipinski definition) is 2. The van der Waals surface area contributed by atoms with Crippen LogP contribution in [-0.2, 0) is 13.1 Å². The van der Waals surface area contributed by atoms with Gasteiger partial charge in [0.05, 0.1) is 28.4 Å². The zero-order chi connectivity index (χ0) is 41.3. The summed E-state index contributed by atoms with van der Waals surface area (Å²) >= 11 is 0.507. The van der Waals surface area contributed by atoms with E-state index in [4.69, 9.17) is 27.8 Å². The van der Waals surface area contributed by atoms with Gasteiger partial charge >= 0.3 is 309 Å². The maximum absolute atomic E-state index is 5.86. The summed E-state index contributed by atoms with van der Waals surface area (Å²) in [6, 6.07) is 35.0. The summed E-state index contributed by atoms with van der Waals surface area (Å²) in [5, 5.41) is 32.6. The van der Waals surface area contributed by atoms with Gasteiger partial charge < -0.3 is 9.47 Å². The van der Waals surface area contributed by atoms with Crippen molar-refractivity contribution < 1.29 is 27.8 Å². The Kier molecular flexibility index (Phi) is 12.7. The van der Waals surface area contributed by atoms with Gasteiger partial charge in [-0.1, -0.05) is 0 Å². The van der Waals surface area contributed by atoms with Gasteiger partial charge in [0.25, 0.3) is 0 Å². The molecule has 4 aromatic carbocycles. The van der Waals surface area contributed by atoms with E-state index in [9.17, 15) is 0 Å². The Morgan fingerprint density at radius 1 is 0.550 bits per heavy atom. The van der Waals surface area contributed by atoms with Gasteiger partial charge in [-0.2, -0.15) is 0 Å². The van der Waals surface area contributed by atoms with E-state index in [1.165, 1.54) is 8.92 Å². The number of furan rings is 2. The standard InChI is InChI=1S/C42H40N10O6Se2/c1-53-31-15-9-27(37(23-31)55-3)25-51-41(45-47-49-51)39(35-7-5-21-57-35)43-29-11-17-33(18-12-29)59-60-34-19-13-30(14-20-34)44-40(36-8-6-22-58-36)42-46-48-50-52(42)26-28-10-16-32(54-2)24-38(28)56-4/h5-24,39-40,43-44H,25-26H2,1-4H3. The second-order valence-corrected chi connectivity index (χ2v) is 19.5. The van der Waals surface area contributed by atoms with E-state index in [1.807, 2.05) is 60.7 Å². The molecular formula is C42H40N10O6Se2. The first-order valence-electron chi connectivity index (χ1n) is 18.6. The van der Waals surface area contributed by atoms with Crippen LogP contribution in [-0.4, -0.2) is 95.1 Å². The Hall–Kier alpha value is -6.58. The van der Waals surface area contributed by atoms with Crippen LogP contribution in [0.4, 0.5) is 11.4 Å². The second-order valence-electron chi connectivity index (χ2n) is 13.1. The SMILES string of the molecule is COc1ccc(Cn2nnnc2C(Nc2ccc([Se][Se]c3ccc(NC(c4ccco4)c4nnnn4Cc4ccc(OC)cc4OC)cc3)cc2)c2ccco2)c(OC)c1. The Labute approximate surface area is 356 Å². The molecule has 4 aromatic heterocycles. The molecule has 0 radical (unpaired) electrons. The third kappa shape index (κ3) is 9.32. The number of anilines is 2. The first-order valence-corrected chi connectivity index (χ1v) is 24.6. The minimum atomic E-state index is -0.441. The molecule has 0 bridgehead atoms. The third-order valence-corrected chi connectivity index (χ3v) is 16.7. The fourth-order valence-corrected chi connectivity index (χ4v) is 12.4. The summed E-state index contributed by atoms with van der Waals surface area (Å²) in [5.41, 5.74) is 3.64. The van der Waals surface area contributed by atoms with Crippen molar-refractivity contribution in [2.24, 2.45) is 0 Å². The molecule has 2 unspecified atom stereocenters. The number of nitrogens with one attached hydrogen (secondary N) is 2. The van der Waals surface area contributed by atoms with Crippen LogP contribution >= 0.6 is 0 Å². The maximum atomic E-state index is 5.86. The fraction of sp³-hybridized carbons (Fsp3) is 0.190. The Bertz CT molecular complexity index is 2400. The average Bonchev–Trinajstić information content (AvgIpc) is 4.15. The normalized spacial score (nSPS) is 12.1. The molecule has 306 valence electrons. The molecule has 8 rings (SSSR count). The molecule has 0 saturated carbocycles.